The van der Waals surface area contributed by atoms with Crippen LogP contribution in [-0.2, 0) is 0 Å². The summed E-state index contributed by atoms with van der Waals surface area (Å²) >= 11 is 1.26. The number of nitrogens with two attached hydrogens (primary N) is 1. The first-order chi connectivity index (χ1) is 13.7. The zero-order chi connectivity index (χ0) is 19.5. The molecule has 0 radical (unpaired) electrons. The van der Waals surface area contributed by atoms with Gasteiger partial charge in [0.15, 0.2) is 5.58 Å². The van der Waals surface area contributed by atoms with Crippen molar-refractivity contribution in [2.75, 3.05) is 26.2 Å². The number of fused-ring (bicyclic) bond motifs is 1. The number of rotatable bonds is 7. The molecule has 1 unspecified atom stereocenters. The fourth-order valence-corrected chi connectivity index (χ4v) is 4.64. The molecule has 0 aliphatic carbocycles. The van der Waals surface area contributed by atoms with E-state index < -0.39 is 6.43 Å². The second-order valence-corrected chi connectivity index (χ2v) is 7.81. The summed E-state index contributed by atoms with van der Waals surface area (Å²) in [5.41, 5.74) is 7.97. The van der Waals surface area contributed by atoms with Crippen molar-refractivity contribution in [1.29, 1.82) is 0 Å². The molecule has 1 aromatic carbocycles. The molecule has 1 saturated heterocycles. The highest BCUT2D eigenvalue weighted by atomic mass is 32.1. The largest absolute Gasteiger partial charge is 0.475 e. The van der Waals surface area contributed by atoms with Gasteiger partial charge in [-0.2, -0.15) is 0 Å². The number of para-hydroxylation sites is 1. The Morgan fingerprint density at radius 2 is 2.07 bits per heavy atom. The average molecular weight is 408 g/mol. The van der Waals surface area contributed by atoms with Crippen LogP contribution >= 0.6 is 11.3 Å². The molecule has 2 aromatic heterocycles. The minimum Gasteiger partial charge on any atom is -0.475 e. The van der Waals surface area contributed by atoms with Crippen LogP contribution in [0, 0.1) is 5.92 Å². The normalized spacial score (nSPS) is 17.4. The fraction of sp³-hybridized carbons (Fsp3) is 0.474. The monoisotopic (exact) mass is 408 g/mol. The summed E-state index contributed by atoms with van der Waals surface area (Å²) in [5, 5.41) is 4.86. The summed E-state index contributed by atoms with van der Waals surface area (Å²) in [4.78, 5) is 6.59. The molecule has 3 aromatic rings. The third kappa shape index (κ3) is 3.87. The Morgan fingerprint density at radius 1 is 1.29 bits per heavy atom. The SMILES string of the molecule is NCC(c1scnc1C(F)F)N1CCC(COc2noc3ccccc23)CC1. The van der Waals surface area contributed by atoms with Gasteiger partial charge in [-0.1, -0.05) is 12.1 Å². The molecule has 1 atom stereocenters. The molecule has 3 heterocycles. The Balaban J connectivity index is 1.34. The van der Waals surface area contributed by atoms with E-state index in [2.05, 4.69) is 15.0 Å². The molecule has 0 spiro atoms. The summed E-state index contributed by atoms with van der Waals surface area (Å²) in [7, 11) is 0. The van der Waals surface area contributed by atoms with Crippen LogP contribution in [0.5, 0.6) is 5.88 Å². The first-order valence-corrected chi connectivity index (χ1v) is 10.2. The number of hydrogen-bond acceptors (Lipinski definition) is 7. The van der Waals surface area contributed by atoms with E-state index in [0.717, 1.165) is 31.3 Å². The number of thiazole rings is 1. The molecule has 9 heteroatoms. The first kappa shape index (κ1) is 19.2. The zero-order valence-corrected chi connectivity index (χ0v) is 16.1. The van der Waals surface area contributed by atoms with E-state index in [1.54, 1.807) is 0 Å². The lowest BCUT2D eigenvalue weighted by Gasteiger charge is -2.36. The Hall–Kier alpha value is -2.10. The molecule has 0 amide bonds. The molecule has 1 aliphatic rings. The molecular formula is C19H22F2N4O2S. The van der Waals surface area contributed by atoms with Crippen molar-refractivity contribution in [3.8, 4) is 5.88 Å². The number of nitrogens with zero attached hydrogens (tertiary/aromatic N) is 3. The third-order valence-corrected chi connectivity index (χ3v) is 6.19. The van der Waals surface area contributed by atoms with Crippen LogP contribution in [0.4, 0.5) is 8.78 Å². The maximum Gasteiger partial charge on any atom is 0.281 e. The number of halogens is 2. The number of piperidine rings is 1. The van der Waals surface area contributed by atoms with Crippen LogP contribution in [0.3, 0.4) is 0 Å². The van der Waals surface area contributed by atoms with Crippen LogP contribution in [0.15, 0.2) is 34.3 Å². The summed E-state index contributed by atoms with van der Waals surface area (Å²) in [5.74, 6) is 0.894. The summed E-state index contributed by atoms with van der Waals surface area (Å²) < 4.78 is 37.5. The van der Waals surface area contributed by atoms with E-state index in [9.17, 15) is 8.78 Å². The standard InChI is InChI=1S/C19H22F2N4O2S/c20-18(21)16-17(28-11-23-16)14(9-22)25-7-5-12(6-8-25)10-26-19-13-3-1-2-4-15(13)27-24-19/h1-4,11-12,14,18H,5-10,22H2. The van der Waals surface area contributed by atoms with Gasteiger partial charge < -0.3 is 15.0 Å². The van der Waals surface area contributed by atoms with Crippen molar-refractivity contribution >= 4 is 22.3 Å². The van der Waals surface area contributed by atoms with Gasteiger partial charge in [0, 0.05) is 6.54 Å². The molecule has 2 N–H and O–H groups in total. The highest BCUT2D eigenvalue weighted by Gasteiger charge is 2.30. The summed E-state index contributed by atoms with van der Waals surface area (Å²) in [6, 6.07) is 7.38. The van der Waals surface area contributed by atoms with E-state index in [1.165, 1.54) is 16.8 Å². The van der Waals surface area contributed by atoms with Crippen molar-refractivity contribution in [2.45, 2.75) is 25.3 Å². The van der Waals surface area contributed by atoms with Gasteiger partial charge in [0.1, 0.15) is 5.69 Å². The Bertz CT molecular complexity index is 908. The minimum atomic E-state index is -2.57. The van der Waals surface area contributed by atoms with E-state index in [1.807, 2.05) is 24.3 Å². The van der Waals surface area contributed by atoms with Gasteiger partial charge in [-0.3, -0.25) is 4.90 Å². The van der Waals surface area contributed by atoms with Crippen molar-refractivity contribution < 1.29 is 18.0 Å². The Morgan fingerprint density at radius 3 is 2.82 bits per heavy atom. The number of likely N-dealkylation sites (tertiary alicyclic amines) is 1. The lowest BCUT2D eigenvalue weighted by Crippen LogP contribution is -2.41. The first-order valence-electron chi connectivity index (χ1n) is 9.30. The predicted molar refractivity (Wildman–Crippen MR) is 103 cm³/mol. The van der Waals surface area contributed by atoms with Gasteiger partial charge in [0.25, 0.3) is 12.3 Å². The number of hydrogen-bond donors (Lipinski definition) is 1. The van der Waals surface area contributed by atoms with Crippen molar-refractivity contribution in [1.82, 2.24) is 15.0 Å². The van der Waals surface area contributed by atoms with Gasteiger partial charge in [0.05, 0.1) is 28.4 Å². The second kappa shape index (κ2) is 8.50. The molecular weight excluding hydrogens is 386 g/mol. The van der Waals surface area contributed by atoms with Gasteiger partial charge in [0.2, 0.25) is 0 Å². The average Bonchev–Trinajstić information content (AvgIpc) is 3.35. The highest BCUT2D eigenvalue weighted by molar-refractivity contribution is 7.09. The van der Waals surface area contributed by atoms with Crippen LogP contribution in [0.2, 0.25) is 0 Å². The maximum absolute atomic E-state index is 13.2. The number of aromatic nitrogens is 2. The molecule has 6 nitrogen and oxygen atoms in total. The van der Waals surface area contributed by atoms with Gasteiger partial charge in [-0.05, 0) is 49.1 Å². The Labute approximate surface area is 165 Å². The fourth-order valence-electron chi connectivity index (χ4n) is 3.69. The predicted octanol–water partition coefficient (Wildman–Crippen LogP) is 4.01. The number of benzene rings is 1. The van der Waals surface area contributed by atoms with Gasteiger partial charge in [-0.25, -0.2) is 13.8 Å². The van der Waals surface area contributed by atoms with E-state index in [0.29, 0.717) is 35.4 Å². The summed E-state index contributed by atoms with van der Waals surface area (Å²) in [6.07, 6.45) is -0.747. The number of ether oxygens (including phenoxy) is 1. The minimum absolute atomic E-state index is 0.135. The number of alkyl halides is 2. The van der Waals surface area contributed by atoms with Gasteiger partial charge >= 0.3 is 0 Å². The van der Waals surface area contributed by atoms with E-state index in [-0.39, 0.29) is 11.7 Å². The van der Waals surface area contributed by atoms with Crippen LogP contribution < -0.4 is 10.5 Å². The lowest BCUT2D eigenvalue weighted by molar-refractivity contribution is 0.103. The van der Waals surface area contributed by atoms with E-state index in [4.69, 9.17) is 15.0 Å². The molecule has 28 heavy (non-hydrogen) atoms. The van der Waals surface area contributed by atoms with Crippen molar-refractivity contribution in [3.63, 3.8) is 0 Å². The smallest absolute Gasteiger partial charge is 0.281 e. The van der Waals surface area contributed by atoms with Gasteiger partial charge in [-0.15, -0.1) is 11.3 Å². The topological polar surface area (TPSA) is 77.4 Å². The molecule has 150 valence electrons. The molecule has 4 rings (SSSR count). The zero-order valence-electron chi connectivity index (χ0n) is 15.3. The second-order valence-electron chi connectivity index (χ2n) is 6.93. The quantitative estimate of drug-likeness (QED) is 0.636. The van der Waals surface area contributed by atoms with Crippen molar-refractivity contribution in [3.05, 3.63) is 40.3 Å². The molecule has 1 aliphatic heterocycles. The Kier molecular flexibility index (Phi) is 5.84. The molecule has 1 fully saturated rings. The van der Waals surface area contributed by atoms with Crippen LogP contribution in [0.1, 0.15) is 35.9 Å². The van der Waals surface area contributed by atoms with Crippen LogP contribution in [0.25, 0.3) is 11.0 Å². The summed E-state index contributed by atoms with van der Waals surface area (Å²) in [6.45, 7) is 2.43. The maximum atomic E-state index is 13.2. The highest BCUT2D eigenvalue weighted by Crippen LogP contribution is 2.34. The van der Waals surface area contributed by atoms with Crippen LogP contribution in [-0.4, -0.2) is 41.3 Å². The third-order valence-electron chi connectivity index (χ3n) is 5.25. The lowest BCUT2D eigenvalue weighted by atomic mass is 9.96. The van der Waals surface area contributed by atoms with E-state index >= 15 is 0 Å². The van der Waals surface area contributed by atoms with Crippen molar-refractivity contribution in [2.24, 2.45) is 11.7 Å². The molecule has 0 saturated carbocycles. The molecule has 0 bridgehead atoms.